The van der Waals surface area contributed by atoms with Gasteiger partial charge in [0.05, 0.1) is 16.8 Å². The molecule has 0 aliphatic carbocycles. The van der Waals surface area contributed by atoms with Gasteiger partial charge in [0.1, 0.15) is 11.3 Å². The van der Waals surface area contributed by atoms with Crippen LogP contribution >= 0.6 is 11.6 Å². The molecule has 1 aromatic carbocycles. The summed E-state index contributed by atoms with van der Waals surface area (Å²) < 4.78 is 27.5. The van der Waals surface area contributed by atoms with Crippen LogP contribution in [0.2, 0.25) is 0 Å². The van der Waals surface area contributed by atoms with Crippen molar-refractivity contribution in [2.45, 2.75) is 16.7 Å². The van der Waals surface area contributed by atoms with Crippen molar-refractivity contribution in [2.75, 3.05) is 12.3 Å². The number of anilines is 1. The minimum atomic E-state index is -3.75. The fourth-order valence-electron chi connectivity index (χ4n) is 3.07. The molecule has 0 radical (unpaired) electrons. The van der Waals surface area contributed by atoms with Gasteiger partial charge in [-0.05, 0) is 29.3 Å². The smallest absolute Gasteiger partial charge is 0.269 e. The fourth-order valence-corrected chi connectivity index (χ4v) is 4.64. The SMILES string of the molecule is Nc1ccc(Cc2cn(S(=O)(=O)c3ccccc3)c3c2=CC(Cl)CN=3)cn1. The summed E-state index contributed by atoms with van der Waals surface area (Å²) >= 11 is 6.24. The van der Waals surface area contributed by atoms with Gasteiger partial charge in [0.15, 0.2) is 0 Å². The molecule has 0 fully saturated rings. The molecule has 8 heteroatoms. The lowest BCUT2D eigenvalue weighted by molar-refractivity contribution is 0.584. The molecular formula is C19H17ClN4O2S. The molecule has 138 valence electrons. The number of aromatic nitrogens is 2. The van der Waals surface area contributed by atoms with Crippen molar-refractivity contribution >= 4 is 33.5 Å². The second-order valence-electron chi connectivity index (χ2n) is 6.30. The normalized spacial score (nSPS) is 16.3. The van der Waals surface area contributed by atoms with Gasteiger partial charge >= 0.3 is 0 Å². The number of hydrogen-bond acceptors (Lipinski definition) is 5. The Labute approximate surface area is 161 Å². The van der Waals surface area contributed by atoms with E-state index < -0.39 is 10.0 Å². The highest BCUT2D eigenvalue weighted by molar-refractivity contribution is 7.90. The Morgan fingerprint density at radius 3 is 2.67 bits per heavy atom. The summed E-state index contributed by atoms with van der Waals surface area (Å²) in [6.07, 6.45) is 5.67. The highest BCUT2D eigenvalue weighted by Gasteiger charge is 2.22. The number of benzene rings is 1. The average Bonchev–Trinajstić information content (AvgIpc) is 3.03. The van der Waals surface area contributed by atoms with Gasteiger partial charge in [-0.25, -0.2) is 17.4 Å². The zero-order chi connectivity index (χ0) is 19.0. The Kier molecular flexibility index (Phi) is 4.49. The number of nitrogen functional groups attached to an aromatic ring is 1. The number of nitrogens with two attached hydrogens (primary N) is 1. The lowest BCUT2D eigenvalue weighted by atomic mass is 10.1. The van der Waals surface area contributed by atoms with Gasteiger partial charge in [-0.15, -0.1) is 11.6 Å². The molecule has 0 spiro atoms. The van der Waals surface area contributed by atoms with Crippen molar-refractivity contribution in [3.63, 3.8) is 0 Å². The number of halogens is 1. The van der Waals surface area contributed by atoms with Crippen LogP contribution in [0.4, 0.5) is 5.82 Å². The zero-order valence-corrected chi connectivity index (χ0v) is 15.9. The molecule has 2 aromatic heterocycles. The van der Waals surface area contributed by atoms with Crippen molar-refractivity contribution in [3.05, 3.63) is 76.7 Å². The summed E-state index contributed by atoms with van der Waals surface area (Å²) in [6.45, 7) is 0.339. The van der Waals surface area contributed by atoms with E-state index in [0.717, 1.165) is 16.3 Å². The molecule has 1 aliphatic rings. The maximum absolute atomic E-state index is 13.1. The Bertz CT molecular complexity index is 1200. The highest BCUT2D eigenvalue weighted by atomic mass is 35.5. The van der Waals surface area contributed by atoms with Crippen molar-refractivity contribution in [2.24, 2.45) is 4.99 Å². The van der Waals surface area contributed by atoms with E-state index in [1.54, 1.807) is 48.8 Å². The van der Waals surface area contributed by atoms with Crippen LogP contribution in [-0.4, -0.2) is 29.3 Å². The zero-order valence-electron chi connectivity index (χ0n) is 14.3. The van der Waals surface area contributed by atoms with E-state index in [9.17, 15) is 8.42 Å². The molecule has 0 saturated heterocycles. The van der Waals surface area contributed by atoms with Gasteiger partial charge in [0.25, 0.3) is 10.0 Å². The molecule has 1 aliphatic heterocycles. The van der Waals surface area contributed by atoms with Crippen molar-refractivity contribution in [1.82, 2.24) is 8.96 Å². The number of nitrogens with zero attached hydrogens (tertiary/aromatic N) is 3. The van der Waals surface area contributed by atoms with E-state index >= 15 is 0 Å². The van der Waals surface area contributed by atoms with Crippen molar-refractivity contribution < 1.29 is 8.42 Å². The molecule has 1 atom stereocenters. The van der Waals surface area contributed by atoms with Crippen LogP contribution in [-0.2, 0) is 16.4 Å². The maximum atomic E-state index is 13.1. The predicted octanol–water partition coefficient (Wildman–Crippen LogP) is 1.31. The summed E-state index contributed by atoms with van der Waals surface area (Å²) in [6, 6.07) is 11.9. The standard InChI is InChI=1S/C19H17ClN4O2S/c20-15-9-17-14(8-13-6-7-18(21)22-10-13)12-24(19(17)23-11-15)27(25,26)16-4-2-1-3-5-16/h1-7,9-10,12,15H,8,11H2,(H2,21,22). The summed E-state index contributed by atoms with van der Waals surface area (Å²) in [5.41, 5.74) is 7.80. The number of hydrogen-bond donors (Lipinski definition) is 1. The van der Waals surface area contributed by atoms with Crippen LogP contribution in [0.1, 0.15) is 11.1 Å². The quantitative estimate of drug-likeness (QED) is 0.668. The minimum Gasteiger partial charge on any atom is -0.384 e. The third-order valence-electron chi connectivity index (χ3n) is 4.37. The fraction of sp³-hybridized carbons (Fsp3) is 0.158. The first-order valence-corrected chi connectivity index (χ1v) is 10.2. The third-order valence-corrected chi connectivity index (χ3v) is 6.30. The Balaban J connectivity index is 1.88. The van der Waals surface area contributed by atoms with E-state index in [-0.39, 0.29) is 10.3 Å². The molecule has 3 aromatic rings. The second-order valence-corrected chi connectivity index (χ2v) is 8.67. The molecular weight excluding hydrogens is 384 g/mol. The summed E-state index contributed by atoms with van der Waals surface area (Å²) in [5.74, 6) is 0.437. The average molecular weight is 401 g/mol. The third kappa shape index (κ3) is 3.36. The first kappa shape index (κ1) is 17.8. The van der Waals surface area contributed by atoms with Crippen LogP contribution < -0.4 is 16.4 Å². The molecule has 27 heavy (non-hydrogen) atoms. The first-order valence-electron chi connectivity index (χ1n) is 8.37. The van der Waals surface area contributed by atoms with Gasteiger partial charge in [0.2, 0.25) is 0 Å². The van der Waals surface area contributed by atoms with E-state index in [1.807, 2.05) is 12.1 Å². The summed E-state index contributed by atoms with van der Waals surface area (Å²) in [5, 5.41) is 0.480. The molecule has 1 unspecified atom stereocenters. The van der Waals surface area contributed by atoms with Gasteiger partial charge < -0.3 is 5.73 Å². The largest absolute Gasteiger partial charge is 0.384 e. The number of pyridine rings is 1. The number of alkyl halides is 1. The van der Waals surface area contributed by atoms with Crippen LogP contribution in [0.5, 0.6) is 0 Å². The van der Waals surface area contributed by atoms with Gasteiger partial charge in [-0.1, -0.05) is 30.3 Å². The molecule has 4 rings (SSSR count). The molecule has 0 saturated carbocycles. The number of rotatable bonds is 4. The molecule has 3 heterocycles. The van der Waals surface area contributed by atoms with Gasteiger partial charge in [-0.3, -0.25) is 4.99 Å². The Morgan fingerprint density at radius 1 is 1.19 bits per heavy atom. The van der Waals surface area contributed by atoms with Crippen molar-refractivity contribution in [3.8, 4) is 0 Å². The Morgan fingerprint density at radius 2 is 1.96 bits per heavy atom. The summed E-state index contributed by atoms with van der Waals surface area (Å²) in [7, 11) is -3.75. The maximum Gasteiger partial charge on any atom is 0.269 e. The van der Waals surface area contributed by atoms with E-state index in [4.69, 9.17) is 17.3 Å². The van der Waals surface area contributed by atoms with Crippen LogP contribution in [0.15, 0.2) is 64.7 Å². The van der Waals surface area contributed by atoms with E-state index in [0.29, 0.717) is 24.3 Å². The lowest BCUT2D eigenvalue weighted by Crippen LogP contribution is -2.38. The van der Waals surface area contributed by atoms with E-state index in [1.165, 1.54) is 3.97 Å². The van der Waals surface area contributed by atoms with E-state index in [2.05, 4.69) is 9.98 Å². The second kappa shape index (κ2) is 6.83. The minimum absolute atomic E-state index is 0.215. The topological polar surface area (TPSA) is 90.3 Å². The van der Waals surface area contributed by atoms with Crippen LogP contribution in [0, 0.1) is 0 Å². The first-order chi connectivity index (χ1) is 12.9. The number of fused-ring (bicyclic) bond motifs is 1. The van der Waals surface area contributed by atoms with Gasteiger partial charge in [-0.2, -0.15) is 0 Å². The molecule has 2 N–H and O–H groups in total. The highest BCUT2D eigenvalue weighted by Crippen LogP contribution is 2.14. The van der Waals surface area contributed by atoms with Gasteiger partial charge in [0, 0.05) is 24.0 Å². The monoisotopic (exact) mass is 400 g/mol. The summed E-state index contributed by atoms with van der Waals surface area (Å²) in [4.78, 5) is 8.74. The molecule has 0 amide bonds. The van der Waals surface area contributed by atoms with Crippen LogP contribution in [0.25, 0.3) is 6.08 Å². The van der Waals surface area contributed by atoms with Crippen molar-refractivity contribution in [1.29, 1.82) is 0 Å². The lowest BCUT2D eigenvalue weighted by Gasteiger charge is -2.08. The predicted molar refractivity (Wildman–Crippen MR) is 105 cm³/mol. The van der Waals surface area contributed by atoms with Crippen LogP contribution in [0.3, 0.4) is 0 Å². The Hall–Kier alpha value is -2.64. The molecule has 0 bridgehead atoms. The molecule has 6 nitrogen and oxygen atoms in total.